The lowest BCUT2D eigenvalue weighted by molar-refractivity contribution is -0.143. The Hall–Kier alpha value is -0.610. The van der Waals surface area contributed by atoms with Crippen molar-refractivity contribution in [2.45, 2.75) is 58.6 Å². The Morgan fingerprint density at radius 3 is 2.84 bits per heavy atom. The van der Waals surface area contributed by atoms with Gasteiger partial charge in [-0.3, -0.25) is 9.69 Å². The smallest absolute Gasteiger partial charge is 0.306 e. The predicted octanol–water partition coefficient (Wildman–Crippen LogP) is 2.38. The summed E-state index contributed by atoms with van der Waals surface area (Å²) in [4.78, 5) is 13.3. The number of hydrogen-bond acceptors (Lipinski definition) is 3. The Balaban J connectivity index is 1.92. The summed E-state index contributed by atoms with van der Waals surface area (Å²) in [5, 5.41) is 8.88. The molecule has 1 heterocycles. The lowest BCUT2D eigenvalue weighted by Crippen LogP contribution is -2.52. The number of hydrogen-bond donors (Lipinski definition) is 1. The first-order valence-electron chi connectivity index (χ1n) is 7.45. The highest BCUT2D eigenvalue weighted by molar-refractivity contribution is 5.67. The number of carboxylic acids is 1. The van der Waals surface area contributed by atoms with E-state index < -0.39 is 5.97 Å². The zero-order chi connectivity index (χ0) is 14.0. The molecule has 1 N–H and O–H groups in total. The molecule has 0 bridgehead atoms. The monoisotopic (exact) mass is 269 g/mol. The first-order chi connectivity index (χ1) is 8.87. The molecule has 2 aliphatic rings. The molecular weight excluding hydrogens is 242 g/mol. The van der Waals surface area contributed by atoms with E-state index in [0.717, 1.165) is 13.1 Å². The normalized spacial score (nSPS) is 36.1. The van der Waals surface area contributed by atoms with Gasteiger partial charge in [0.2, 0.25) is 0 Å². The minimum atomic E-state index is -0.760. The Morgan fingerprint density at radius 1 is 1.47 bits per heavy atom. The van der Waals surface area contributed by atoms with E-state index in [0.29, 0.717) is 24.0 Å². The van der Waals surface area contributed by atoms with Gasteiger partial charge < -0.3 is 9.84 Å². The molecule has 1 saturated carbocycles. The van der Waals surface area contributed by atoms with Crippen molar-refractivity contribution in [3.05, 3.63) is 0 Å². The fraction of sp³-hybridized carbons (Fsp3) is 0.933. The molecule has 0 spiro atoms. The van der Waals surface area contributed by atoms with Crippen LogP contribution in [-0.2, 0) is 9.53 Å². The molecule has 0 radical (unpaired) electrons. The van der Waals surface area contributed by atoms with Crippen LogP contribution in [0.4, 0.5) is 0 Å². The second kappa shape index (κ2) is 5.80. The Labute approximate surface area is 116 Å². The molecule has 1 saturated heterocycles. The molecule has 110 valence electrons. The van der Waals surface area contributed by atoms with Crippen molar-refractivity contribution in [2.75, 3.05) is 19.7 Å². The van der Waals surface area contributed by atoms with Gasteiger partial charge in [0.25, 0.3) is 0 Å². The summed E-state index contributed by atoms with van der Waals surface area (Å²) in [7, 11) is 0. The SMILES string of the molecule is CC1CC(C)(C)CCC1N1CCOC(CC(=O)O)C1. The van der Waals surface area contributed by atoms with Crippen molar-refractivity contribution in [2.24, 2.45) is 11.3 Å². The van der Waals surface area contributed by atoms with E-state index >= 15 is 0 Å². The lowest BCUT2D eigenvalue weighted by Gasteiger charge is -2.46. The van der Waals surface area contributed by atoms with E-state index in [-0.39, 0.29) is 12.5 Å². The average Bonchev–Trinajstić information content (AvgIpc) is 2.27. The molecule has 2 rings (SSSR count). The van der Waals surface area contributed by atoms with Crippen molar-refractivity contribution in [3.8, 4) is 0 Å². The molecule has 4 nitrogen and oxygen atoms in total. The Morgan fingerprint density at radius 2 is 2.21 bits per heavy atom. The molecule has 19 heavy (non-hydrogen) atoms. The van der Waals surface area contributed by atoms with Gasteiger partial charge in [0.15, 0.2) is 0 Å². The minimum Gasteiger partial charge on any atom is -0.481 e. The molecule has 0 aromatic rings. The van der Waals surface area contributed by atoms with Crippen LogP contribution >= 0.6 is 0 Å². The minimum absolute atomic E-state index is 0.128. The van der Waals surface area contributed by atoms with Gasteiger partial charge in [-0.05, 0) is 30.6 Å². The number of ether oxygens (including phenoxy) is 1. The molecule has 2 fully saturated rings. The van der Waals surface area contributed by atoms with Crippen LogP contribution in [-0.4, -0.2) is 47.8 Å². The van der Waals surface area contributed by atoms with Crippen LogP contribution in [0, 0.1) is 11.3 Å². The standard InChI is InChI=1S/C15H27NO3/c1-11-9-15(2,3)5-4-13(11)16-6-7-19-12(10-16)8-14(17)18/h11-13H,4-10H2,1-3H3,(H,17,18). The molecule has 0 amide bonds. The molecule has 1 aliphatic carbocycles. The first-order valence-corrected chi connectivity index (χ1v) is 7.45. The number of carbonyl (C=O) groups is 1. The van der Waals surface area contributed by atoms with Gasteiger partial charge in [0.1, 0.15) is 0 Å². The van der Waals surface area contributed by atoms with Crippen LogP contribution in [0.5, 0.6) is 0 Å². The summed E-state index contributed by atoms with van der Waals surface area (Å²) in [5.41, 5.74) is 0.461. The van der Waals surface area contributed by atoms with Crippen molar-refractivity contribution < 1.29 is 14.6 Å². The maximum Gasteiger partial charge on any atom is 0.306 e. The third-order valence-electron chi connectivity index (χ3n) is 4.69. The van der Waals surface area contributed by atoms with Gasteiger partial charge in [0.05, 0.1) is 19.1 Å². The van der Waals surface area contributed by atoms with Crippen LogP contribution in [0.15, 0.2) is 0 Å². The summed E-state index contributed by atoms with van der Waals surface area (Å²) in [6.45, 7) is 9.45. The topological polar surface area (TPSA) is 49.8 Å². The summed E-state index contributed by atoms with van der Waals surface area (Å²) in [6.07, 6.45) is 3.76. The second-order valence-electron chi connectivity index (χ2n) is 7.04. The number of nitrogens with zero attached hydrogens (tertiary/aromatic N) is 1. The Kier molecular flexibility index (Phi) is 4.51. The highest BCUT2D eigenvalue weighted by Crippen LogP contribution is 2.40. The molecule has 3 atom stereocenters. The number of rotatable bonds is 3. The van der Waals surface area contributed by atoms with Gasteiger partial charge in [-0.15, -0.1) is 0 Å². The average molecular weight is 269 g/mol. The highest BCUT2D eigenvalue weighted by Gasteiger charge is 2.37. The molecule has 0 aromatic carbocycles. The molecule has 1 aliphatic heterocycles. The summed E-state index contributed by atoms with van der Waals surface area (Å²) < 4.78 is 5.56. The van der Waals surface area contributed by atoms with Gasteiger partial charge in [-0.2, -0.15) is 0 Å². The van der Waals surface area contributed by atoms with E-state index in [2.05, 4.69) is 25.7 Å². The van der Waals surface area contributed by atoms with Crippen LogP contribution in [0.3, 0.4) is 0 Å². The number of carboxylic acid groups (broad SMARTS) is 1. The fourth-order valence-electron chi connectivity index (χ4n) is 3.84. The molecule has 3 unspecified atom stereocenters. The van der Waals surface area contributed by atoms with E-state index in [1.807, 2.05) is 0 Å². The first kappa shape index (κ1) is 14.8. The van der Waals surface area contributed by atoms with Crippen molar-refractivity contribution in [1.82, 2.24) is 4.90 Å². The second-order valence-corrected chi connectivity index (χ2v) is 7.04. The van der Waals surface area contributed by atoms with Crippen LogP contribution in [0.1, 0.15) is 46.5 Å². The quantitative estimate of drug-likeness (QED) is 0.854. The van der Waals surface area contributed by atoms with Crippen molar-refractivity contribution in [1.29, 1.82) is 0 Å². The van der Waals surface area contributed by atoms with Crippen LogP contribution in [0.25, 0.3) is 0 Å². The van der Waals surface area contributed by atoms with Gasteiger partial charge in [0, 0.05) is 19.1 Å². The van der Waals surface area contributed by atoms with Gasteiger partial charge in [-0.25, -0.2) is 0 Å². The Bertz CT molecular complexity index is 329. The highest BCUT2D eigenvalue weighted by atomic mass is 16.5. The molecule has 0 aromatic heterocycles. The number of morpholine rings is 1. The maximum absolute atomic E-state index is 10.8. The summed E-state index contributed by atoms with van der Waals surface area (Å²) >= 11 is 0. The number of aliphatic carboxylic acids is 1. The fourth-order valence-corrected chi connectivity index (χ4v) is 3.84. The largest absolute Gasteiger partial charge is 0.481 e. The lowest BCUT2D eigenvalue weighted by atomic mass is 9.70. The van der Waals surface area contributed by atoms with Crippen molar-refractivity contribution in [3.63, 3.8) is 0 Å². The van der Waals surface area contributed by atoms with Crippen molar-refractivity contribution >= 4 is 5.97 Å². The van der Waals surface area contributed by atoms with Gasteiger partial charge >= 0.3 is 5.97 Å². The molecule has 4 heteroatoms. The van der Waals surface area contributed by atoms with E-state index in [1.54, 1.807) is 0 Å². The molecular formula is C15H27NO3. The van der Waals surface area contributed by atoms with Crippen LogP contribution in [0.2, 0.25) is 0 Å². The van der Waals surface area contributed by atoms with E-state index in [4.69, 9.17) is 9.84 Å². The third-order valence-corrected chi connectivity index (χ3v) is 4.69. The zero-order valence-corrected chi connectivity index (χ0v) is 12.4. The predicted molar refractivity (Wildman–Crippen MR) is 74.1 cm³/mol. The van der Waals surface area contributed by atoms with Crippen LogP contribution < -0.4 is 0 Å². The maximum atomic E-state index is 10.8. The zero-order valence-electron chi connectivity index (χ0n) is 12.4. The summed E-state index contributed by atoms with van der Waals surface area (Å²) in [5.74, 6) is -0.0722. The van der Waals surface area contributed by atoms with E-state index in [1.165, 1.54) is 19.3 Å². The third kappa shape index (κ3) is 3.93. The van der Waals surface area contributed by atoms with Gasteiger partial charge in [-0.1, -0.05) is 20.8 Å². The summed E-state index contributed by atoms with van der Waals surface area (Å²) in [6, 6.07) is 0.605. The van der Waals surface area contributed by atoms with E-state index in [9.17, 15) is 4.79 Å².